The van der Waals surface area contributed by atoms with Gasteiger partial charge in [-0.15, -0.1) is 0 Å². The standard InChI is InChI=1S/C20H23N3O2/c1-14(2)12-19(24)22-13-16-7-9-17(10-8-16)20(25)23-15(3)18-6-4-5-11-21-18/h4-12,15H,13H2,1-3H3,(H,22,24)(H,23,25). The predicted molar refractivity (Wildman–Crippen MR) is 97.8 cm³/mol. The molecule has 2 aromatic rings. The van der Waals surface area contributed by atoms with Crippen LogP contribution in [0.25, 0.3) is 0 Å². The van der Waals surface area contributed by atoms with Crippen LogP contribution < -0.4 is 10.6 Å². The summed E-state index contributed by atoms with van der Waals surface area (Å²) in [5.74, 6) is -0.274. The van der Waals surface area contributed by atoms with Crippen LogP contribution in [0, 0.1) is 0 Å². The van der Waals surface area contributed by atoms with Crippen LogP contribution in [0.15, 0.2) is 60.3 Å². The van der Waals surface area contributed by atoms with Gasteiger partial charge in [0, 0.05) is 24.4 Å². The minimum atomic E-state index is -0.170. The van der Waals surface area contributed by atoms with E-state index in [2.05, 4.69) is 15.6 Å². The molecule has 0 bridgehead atoms. The topological polar surface area (TPSA) is 71.1 Å². The highest BCUT2D eigenvalue weighted by Gasteiger charge is 2.12. The molecular formula is C20H23N3O2. The van der Waals surface area contributed by atoms with Gasteiger partial charge in [-0.05, 0) is 50.6 Å². The molecule has 1 aromatic carbocycles. The molecule has 1 unspecified atom stereocenters. The molecule has 0 aliphatic rings. The molecule has 0 saturated heterocycles. The Labute approximate surface area is 148 Å². The van der Waals surface area contributed by atoms with E-state index in [1.165, 1.54) is 0 Å². The Morgan fingerprint density at radius 3 is 2.44 bits per heavy atom. The van der Waals surface area contributed by atoms with Crippen molar-refractivity contribution in [2.24, 2.45) is 0 Å². The van der Waals surface area contributed by atoms with Crippen LogP contribution in [0.5, 0.6) is 0 Å². The largest absolute Gasteiger partial charge is 0.348 e. The van der Waals surface area contributed by atoms with Gasteiger partial charge in [0.1, 0.15) is 0 Å². The monoisotopic (exact) mass is 337 g/mol. The SMILES string of the molecule is CC(C)=CC(=O)NCc1ccc(C(=O)NC(C)c2ccccn2)cc1. The number of hydrogen-bond acceptors (Lipinski definition) is 3. The van der Waals surface area contributed by atoms with Gasteiger partial charge in [-0.3, -0.25) is 14.6 Å². The summed E-state index contributed by atoms with van der Waals surface area (Å²) in [6, 6.07) is 12.6. The molecule has 2 amide bonds. The second kappa shape index (κ2) is 8.78. The number of amides is 2. The molecule has 0 fully saturated rings. The summed E-state index contributed by atoms with van der Waals surface area (Å²) in [5, 5.41) is 5.73. The van der Waals surface area contributed by atoms with Gasteiger partial charge in [0.25, 0.3) is 5.91 Å². The molecule has 1 atom stereocenters. The van der Waals surface area contributed by atoms with Gasteiger partial charge in [-0.25, -0.2) is 0 Å². The maximum atomic E-state index is 12.3. The first-order valence-electron chi connectivity index (χ1n) is 8.19. The number of benzene rings is 1. The third-order valence-corrected chi connectivity index (χ3v) is 3.58. The maximum absolute atomic E-state index is 12.3. The minimum absolute atomic E-state index is 0.119. The van der Waals surface area contributed by atoms with Gasteiger partial charge in [-0.1, -0.05) is 23.8 Å². The van der Waals surface area contributed by atoms with Crippen molar-refractivity contribution in [3.8, 4) is 0 Å². The second-order valence-electron chi connectivity index (χ2n) is 6.09. The van der Waals surface area contributed by atoms with E-state index < -0.39 is 0 Å². The molecule has 1 aromatic heterocycles. The van der Waals surface area contributed by atoms with Gasteiger partial charge in [0.15, 0.2) is 0 Å². The first kappa shape index (κ1) is 18.4. The summed E-state index contributed by atoms with van der Waals surface area (Å²) >= 11 is 0. The van der Waals surface area contributed by atoms with Gasteiger partial charge >= 0.3 is 0 Å². The third-order valence-electron chi connectivity index (χ3n) is 3.58. The fraction of sp³-hybridized carbons (Fsp3) is 0.250. The van der Waals surface area contributed by atoms with Crippen molar-refractivity contribution in [2.45, 2.75) is 33.4 Å². The summed E-state index contributed by atoms with van der Waals surface area (Å²) in [6.45, 7) is 6.07. The van der Waals surface area contributed by atoms with E-state index in [-0.39, 0.29) is 17.9 Å². The Bertz CT molecular complexity index is 748. The number of carbonyl (C=O) groups is 2. The highest BCUT2D eigenvalue weighted by molar-refractivity contribution is 5.94. The van der Waals surface area contributed by atoms with Gasteiger partial charge in [0.05, 0.1) is 11.7 Å². The Kier molecular flexibility index (Phi) is 6.46. The molecule has 0 spiro atoms. The molecule has 5 nitrogen and oxygen atoms in total. The number of aromatic nitrogens is 1. The quantitative estimate of drug-likeness (QED) is 0.796. The van der Waals surface area contributed by atoms with Crippen molar-refractivity contribution in [1.29, 1.82) is 0 Å². The molecule has 0 saturated carbocycles. The number of rotatable bonds is 6. The molecule has 25 heavy (non-hydrogen) atoms. The van der Waals surface area contributed by atoms with Crippen molar-refractivity contribution in [2.75, 3.05) is 0 Å². The summed E-state index contributed by atoms with van der Waals surface area (Å²) in [6.07, 6.45) is 3.26. The summed E-state index contributed by atoms with van der Waals surface area (Å²) in [4.78, 5) is 28.2. The van der Waals surface area contributed by atoms with E-state index in [0.717, 1.165) is 16.8 Å². The van der Waals surface area contributed by atoms with E-state index >= 15 is 0 Å². The van der Waals surface area contributed by atoms with Crippen LogP contribution in [0.1, 0.15) is 48.4 Å². The van der Waals surface area contributed by atoms with Crippen molar-refractivity contribution >= 4 is 11.8 Å². The van der Waals surface area contributed by atoms with E-state index in [9.17, 15) is 9.59 Å². The van der Waals surface area contributed by atoms with Crippen molar-refractivity contribution < 1.29 is 9.59 Å². The smallest absolute Gasteiger partial charge is 0.251 e. The summed E-state index contributed by atoms with van der Waals surface area (Å²) in [5.41, 5.74) is 3.27. The number of nitrogens with zero attached hydrogens (tertiary/aromatic N) is 1. The molecular weight excluding hydrogens is 314 g/mol. The lowest BCUT2D eigenvalue weighted by molar-refractivity contribution is -0.116. The molecule has 0 radical (unpaired) electrons. The van der Waals surface area contributed by atoms with Crippen molar-refractivity contribution in [1.82, 2.24) is 15.6 Å². The minimum Gasteiger partial charge on any atom is -0.348 e. The average molecular weight is 337 g/mol. The third kappa shape index (κ3) is 5.88. The van der Waals surface area contributed by atoms with E-state index in [0.29, 0.717) is 12.1 Å². The first-order valence-corrected chi connectivity index (χ1v) is 8.19. The molecule has 0 aliphatic carbocycles. The van der Waals surface area contributed by atoms with Gasteiger partial charge in [-0.2, -0.15) is 0 Å². The molecule has 2 N–H and O–H groups in total. The zero-order valence-corrected chi connectivity index (χ0v) is 14.7. The van der Waals surface area contributed by atoms with Crippen LogP contribution in [-0.4, -0.2) is 16.8 Å². The zero-order chi connectivity index (χ0) is 18.2. The number of pyridine rings is 1. The van der Waals surface area contributed by atoms with Crippen LogP contribution in [0.3, 0.4) is 0 Å². The average Bonchev–Trinajstić information content (AvgIpc) is 2.60. The molecule has 1 heterocycles. The van der Waals surface area contributed by atoms with Crippen LogP contribution in [0.4, 0.5) is 0 Å². The van der Waals surface area contributed by atoms with E-state index in [1.807, 2.05) is 51.1 Å². The van der Waals surface area contributed by atoms with Gasteiger partial charge in [0.2, 0.25) is 5.91 Å². The normalized spacial score (nSPS) is 11.3. The fourth-order valence-electron chi connectivity index (χ4n) is 2.26. The van der Waals surface area contributed by atoms with Crippen molar-refractivity contribution in [3.63, 3.8) is 0 Å². The highest BCUT2D eigenvalue weighted by atomic mass is 16.2. The molecule has 2 rings (SSSR count). The highest BCUT2D eigenvalue weighted by Crippen LogP contribution is 2.10. The maximum Gasteiger partial charge on any atom is 0.251 e. The number of allylic oxidation sites excluding steroid dienone is 1. The van der Waals surface area contributed by atoms with Gasteiger partial charge < -0.3 is 10.6 Å². The van der Waals surface area contributed by atoms with E-state index in [1.54, 1.807) is 24.4 Å². The lowest BCUT2D eigenvalue weighted by Crippen LogP contribution is -2.27. The Hall–Kier alpha value is -2.95. The number of nitrogens with one attached hydrogen (secondary N) is 2. The molecule has 0 aliphatic heterocycles. The Morgan fingerprint density at radius 2 is 1.84 bits per heavy atom. The van der Waals surface area contributed by atoms with Crippen LogP contribution >= 0.6 is 0 Å². The fourth-order valence-corrected chi connectivity index (χ4v) is 2.26. The van der Waals surface area contributed by atoms with Crippen molar-refractivity contribution in [3.05, 3.63) is 77.1 Å². The Balaban J connectivity index is 1.91. The second-order valence-corrected chi connectivity index (χ2v) is 6.09. The predicted octanol–water partition coefficient (Wildman–Crippen LogP) is 3.16. The summed E-state index contributed by atoms with van der Waals surface area (Å²) in [7, 11) is 0. The summed E-state index contributed by atoms with van der Waals surface area (Å²) < 4.78 is 0. The van der Waals surface area contributed by atoms with Crippen LogP contribution in [0.2, 0.25) is 0 Å². The number of hydrogen-bond donors (Lipinski definition) is 2. The Morgan fingerprint density at radius 1 is 1.12 bits per heavy atom. The zero-order valence-electron chi connectivity index (χ0n) is 14.7. The lowest BCUT2D eigenvalue weighted by atomic mass is 10.1. The molecule has 130 valence electrons. The van der Waals surface area contributed by atoms with E-state index in [4.69, 9.17) is 0 Å². The molecule has 5 heteroatoms. The van der Waals surface area contributed by atoms with Crippen LogP contribution in [-0.2, 0) is 11.3 Å². The lowest BCUT2D eigenvalue weighted by Gasteiger charge is -2.13. The number of carbonyl (C=O) groups excluding carboxylic acids is 2. The first-order chi connectivity index (χ1) is 12.0.